The van der Waals surface area contributed by atoms with Gasteiger partial charge in [-0.3, -0.25) is 0 Å². The van der Waals surface area contributed by atoms with Crippen molar-refractivity contribution in [3.05, 3.63) is 12.2 Å². The van der Waals surface area contributed by atoms with Crippen molar-refractivity contribution < 1.29 is 19.4 Å². The van der Waals surface area contributed by atoms with Crippen LogP contribution < -0.4 is 0 Å². The highest BCUT2D eigenvalue weighted by molar-refractivity contribution is 5.85. The predicted molar refractivity (Wildman–Crippen MR) is 55.8 cm³/mol. The van der Waals surface area contributed by atoms with Crippen molar-refractivity contribution in [1.29, 1.82) is 0 Å². The summed E-state index contributed by atoms with van der Waals surface area (Å²) in [5, 5.41) is 8.56. The van der Waals surface area contributed by atoms with E-state index in [1.54, 1.807) is 0 Å². The molecule has 0 spiro atoms. The smallest absolute Gasteiger partial charge is 0.330 e. The summed E-state index contributed by atoms with van der Waals surface area (Å²) in [4.78, 5) is 10.4. The molecule has 0 aromatic heterocycles. The van der Waals surface area contributed by atoms with E-state index in [0.717, 1.165) is 13.2 Å². The van der Waals surface area contributed by atoms with E-state index >= 15 is 0 Å². The first-order valence-corrected chi connectivity index (χ1v) is 5.10. The van der Waals surface area contributed by atoms with Gasteiger partial charge in [-0.1, -0.05) is 13.5 Å². The van der Waals surface area contributed by atoms with Crippen molar-refractivity contribution in [2.24, 2.45) is 5.41 Å². The molecule has 86 valence electrons. The molecule has 0 aromatic rings. The number of ether oxygens (including phenoxy) is 2. The Morgan fingerprint density at radius 2 is 2.27 bits per heavy atom. The first-order chi connectivity index (χ1) is 7.03. The second-order valence-electron chi connectivity index (χ2n) is 4.37. The second kappa shape index (κ2) is 5.28. The van der Waals surface area contributed by atoms with E-state index in [2.05, 4.69) is 13.5 Å². The van der Waals surface area contributed by atoms with Gasteiger partial charge < -0.3 is 14.6 Å². The third-order valence-electron chi connectivity index (χ3n) is 2.42. The fourth-order valence-corrected chi connectivity index (χ4v) is 1.35. The standard InChI is InChI=1S/C11H18O4/c1-9(10(12)13)4-3-5-14-6-11(2)7-15-8-11/h1,3-8H2,2H3,(H,12,13). The van der Waals surface area contributed by atoms with Crippen LogP contribution >= 0.6 is 0 Å². The summed E-state index contributed by atoms with van der Waals surface area (Å²) in [6.07, 6.45) is 1.20. The van der Waals surface area contributed by atoms with Gasteiger partial charge >= 0.3 is 5.97 Å². The molecule has 15 heavy (non-hydrogen) atoms. The van der Waals surface area contributed by atoms with Crippen LogP contribution in [0.25, 0.3) is 0 Å². The molecular formula is C11H18O4. The fourth-order valence-electron chi connectivity index (χ4n) is 1.35. The Labute approximate surface area is 89.9 Å². The van der Waals surface area contributed by atoms with Crippen molar-refractivity contribution in [3.63, 3.8) is 0 Å². The van der Waals surface area contributed by atoms with Gasteiger partial charge in [0, 0.05) is 17.6 Å². The third kappa shape index (κ3) is 4.01. The molecule has 0 aliphatic carbocycles. The van der Waals surface area contributed by atoms with Crippen LogP contribution in [0, 0.1) is 5.41 Å². The van der Waals surface area contributed by atoms with Crippen molar-refractivity contribution in [2.75, 3.05) is 26.4 Å². The molecule has 4 heteroatoms. The average molecular weight is 214 g/mol. The van der Waals surface area contributed by atoms with Gasteiger partial charge in [0.25, 0.3) is 0 Å². The number of carbonyl (C=O) groups is 1. The summed E-state index contributed by atoms with van der Waals surface area (Å²) in [5.41, 5.74) is 0.417. The lowest BCUT2D eigenvalue weighted by Gasteiger charge is -2.37. The first kappa shape index (κ1) is 12.2. The Morgan fingerprint density at radius 3 is 2.73 bits per heavy atom. The second-order valence-corrected chi connectivity index (χ2v) is 4.37. The van der Waals surface area contributed by atoms with E-state index in [-0.39, 0.29) is 11.0 Å². The van der Waals surface area contributed by atoms with Gasteiger partial charge in [-0.05, 0) is 12.8 Å². The minimum absolute atomic E-state index is 0.170. The number of hydrogen-bond acceptors (Lipinski definition) is 3. The zero-order valence-electron chi connectivity index (χ0n) is 9.12. The Bertz CT molecular complexity index is 243. The SMILES string of the molecule is C=C(CCCOCC1(C)COC1)C(=O)O. The summed E-state index contributed by atoms with van der Waals surface area (Å²) in [6.45, 7) is 8.36. The van der Waals surface area contributed by atoms with Crippen molar-refractivity contribution in [3.8, 4) is 0 Å². The molecule has 0 unspecified atom stereocenters. The molecule has 1 fully saturated rings. The van der Waals surface area contributed by atoms with Gasteiger partial charge in [0.1, 0.15) is 0 Å². The number of aliphatic carboxylic acids is 1. The van der Waals surface area contributed by atoms with E-state index < -0.39 is 5.97 Å². The number of carboxylic acids is 1. The van der Waals surface area contributed by atoms with Crippen LogP contribution in [0.15, 0.2) is 12.2 Å². The maximum atomic E-state index is 10.4. The van der Waals surface area contributed by atoms with Crippen LogP contribution in [0.3, 0.4) is 0 Å². The van der Waals surface area contributed by atoms with Gasteiger partial charge in [-0.25, -0.2) is 4.79 Å². The topological polar surface area (TPSA) is 55.8 Å². The van der Waals surface area contributed by atoms with Gasteiger partial charge in [-0.2, -0.15) is 0 Å². The molecular weight excluding hydrogens is 196 g/mol. The van der Waals surface area contributed by atoms with Gasteiger partial charge in [0.05, 0.1) is 19.8 Å². The quantitative estimate of drug-likeness (QED) is 0.515. The van der Waals surface area contributed by atoms with Crippen molar-refractivity contribution >= 4 is 5.97 Å². The van der Waals surface area contributed by atoms with Crippen LogP contribution in [-0.4, -0.2) is 37.5 Å². The fraction of sp³-hybridized carbons (Fsp3) is 0.727. The molecule has 1 aliphatic rings. The first-order valence-electron chi connectivity index (χ1n) is 5.10. The van der Waals surface area contributed by atoms with Crippen molar-refractivity contribution in [2.45, 2.75) is 19.8 Å². The van der Waals surface area contributed by atoms with E-state index in [1.165, 1.54) is 0 Å². The number of carboxylic acid groups (broad SMARTS) is 1. The Hall–Kier alpha value is -0.870. The highest BCUT2D eigenvalue weighted by Gasteiger charge is 2.33. The lowest BCUT2D eigenvalue weighted by atomic mass is 9.90. The third-order valence-corrected chi connectivity index (χ3v) is 2.42. The molecule has 0 aromatic carbocycles. The molecule has 4 nitrogen and oxygen atoms in total. The maximum Gasteiger partial charge on any atom is 0.330 e. The van der Waals surface area contributed by atoms with Crippen molar-refractivity contribution in [1.82, 2.24) is 0 Å². The van der Waals surface area contributed by atoms with Crippen LogP contribution in [0.4, 0.5) is 0 Å². The number of rotatable bonds is 7. The molecule has 0 radical (unpaired) electrons. The lowest BCUT2D eigenvalue weighted by molar-refractivity contribution is -0.138. The Kier molecular flexibility index (Phi) is 4.29. The van der Waals surface area contributed by atoms with E-state index in [9.17, 15) is 4.79 Å². The Balaban J connectivity index is 1.97. The Morgan fingerprint density at radius 1 is 1.60 bits per heavy atom. The highest BCUT2D eigenvalue weighted by Crippen LogP contribution is 2.26. The van der Waals surface area contributed by atoms with Gasteiger partial charge in [-0.15, -0.1) is 0 Å². The average Bonchev–Trinajstić information content (AvgIpc) is 2.14. The van der Waals surface area contributed by atoms with Gasteiger partial charge in [0.2, 0.25) is 0 Å². The molecule has 0 bridgehead atoms. The summed E-state index contributed by atoms with van der Waals surface area (Å²) < 4.78 is 10.5. The van der Waals surface area contributed by atoms with E-state index in [1.807, 2.05) is 0 Å². The van der Waals surface area contributed by atoms with Crippen LogP contribution in [-0.2, 0) is 14.3 Å². The molecule has 1 aliphatic heterocycles. The molecule has 0 atom stereocenters. The number of hydrogen-bond donors (Lipinski definition) is 1. The molecule has 0 saturated carbocycles. The zero-order chi connectivity index (χ0) is 11.3. The minimum atomic E-state index is -0.922. The van der Waals surface area contributed by atoms with Gasteiger partial charge in [0.15, 0.2) is 0 Å². The largest absolute Gasteiger partial charge is 0.478 e. The normalized spacial score (nSPS) is 18.2. The molecule has 1 heterocycles. The highest BCUT2D eigenvalue weighted by atomic mass is 16.5. The summed E-state index contributed by atoms with van der Waals surface area (Å²) >= 11 is 0. The van der Waals surface area contributed by atoms with Crippen LogP contribution in [0.1, 0.15) is 19.8 Å². The minimum Gasteiger partial charge on any atom is -0.478 e. The molecule has 0 amide bonds. The molecule has 1 rings (SSSR count). The summed E-state index contributed by atoms with van der Waals surface area (Å²) in [7, 11) is 0. The monoisotopic (exact) mass is 214 g/mol. The maximum absolute atomic E-state index is 10.4. The van der Waals surface area contributed by atoms with E-state index in [4.69, 9.17) is 14.6 Å². The molecule has 1 N–H and O–H groups in total. The predicted octanol–water partition coefficient (Wildman–Crippen LogP) is 1.46. The zero-order valence-corrected chi connectivity index (χ0v) is 9.12. The van der Waals surface area contributed by atoms with E-state index in [0.29, 0.717) is 26.1 Å². The summed E-state index contributed by atoms with van der Waals surface area (Å²) in [5.74, 6) is -0.922. The van der Waals surface area contributed by atoms with Crippen LogP contribution in [0.2, 0.25) is 0 Å². The lowest BCUT2D eigenvalue weighted by Crippen LogP contribution is -2.43. The summed E-state index contributed by atoms with van der Waals surface area (Å²) in [6, 6.07) is 0. The molecule has 1 saturated heterocycles. The van der Waals surface area contributed by atoms with Crippen LogP contribution in [0.5, 0.6) is 0 Å².